The second-order valence-electron chi connectivity index (χ2n) is 5.69. The Bertz CT molecular complexity index is 518. The molecule has 2 aliphatic rings. The number of carbonyl (C=O) groups is 1. The van der Waals surface area contributed by atoms with Crippen LogP contribution in [0.1, 0.15) is 29.9 Å². The van der Waals surface area contributed by atoms with Gasteiger partial charge in [0.25, 0.3) is 0 Å². The summed E-state index contributed by atoms with van der Waals surface area (Å²) in [5.74, 6) is -0.744. The van der Waals surface area contributed by atoms with Crippen molar-refractivity contribution < 1.29 is 9.90 Å². The molecule has 3 atom stereocenters. The number of hydrogen-bond donors (Lipinski definition) is 4. The lowest BCUT2D eigenvalue weighted by atomic mass is 9.81. The fourth-order valence-corrected chi connectivity index (χ4v) is 3.32. The molecule has 1 aromatic carbocycles. The van der Waals surface area contributed by atoms with Gasteiger partial charge in [0.2, 0.25) is 0 Å². The summed E-state index contributed by atoms with van der Waals surface area (Å²) < 4.78 is 0. The summed E-state index contributed by atoms with van der Waals surface area (Å²) in [4.78, 5) is 11.2. The van der Waals surface area contributed by atoms with Crippen molar-refractivity contribution in [2.45, 2.75) is 37.3 Å². The zero-order valence-corrected chi connectivity index (χ0v) is 11.4. The molecular formula is C15H21N3O2. The van der Waals surface area contributed by atoms with Gasteiger partial charge in [0.1, 0.15) is 6.04 Å². The summed E-state index contributed by atoms with van der Waals surface area (Å²) in [7, 11) is 0. The molecule has 2 aliphatic heterocycles. The fraction of sp³-hybridized carbons (Fsp3) is 0.533. The maximum Gasteiger partial charge on any atom is 0.322 e. The number of nitrogens with two attached hydrogens (primary N) is 1. The van der Waals surface area contributed by atoms with Gasteiger partial charge in [-0.25, -0.2) is 0 Å². The molecule has 0 radical (unpaired) electrons. The minimum Gasteiger partial charge on any atom is -0.480 e. The smallest absolute Gasteiger partial charge is 0.322 e. The number of carboxylic acid groups (broad SMARTS) is 1. The third-order valence-corrected chi connectivity index (χ3v) is 4.43. The van der Waals surface area contributed by atoms with Crippen LogP contribution in [0.2, 0.25) is 0 Å². The van der Waals surface area contributed by atoms with Crippen LogP contribution in [-0.4, -0.2) is 36.2 Å². The van der Waals surface area contributed by atoms with Crippen LogP contribution < -0.4 is 16.4 Å². The van der Waals surface area contributed by atoms with Crippen LogP contribution in [0, 0.1) is 0 Å². The fourth-order valence-electron chi connectivity index (χ4n) is 3.32. The first-order chi connectivity index (χ1) is 9.66. The Labute approximate surface area is 118 Å². The number of aryl methyl sites for hydroxylation is 1. The van der Waals surface area contributed by atoms with E-state index in [1.807, 2.05) is 0 Å². The highest BCUT2D eigenvalue weighted by molar-refractivity contribution is 5.75. The van der Waals surface area contributed by atoms with Crippen LogP contribution in [0.15, 0.2) is 18.2 Å². The van der Waals surface area contributed by atoms with E-state index in [2.05, 4.69) is 28.8 Å². The topological polar surface area (TPSA) is 87.4 Å². The number of carboxylic acids is 1. The van der Waals surface area contributed by atoms with E-state index in [-0.39, 0.29) is 12.0 Å². The maximum atomic E-state index is 11.2. The zero-order chi connectivity index (χ0) is 14.1. The molecule has 108 valence electrons. The van der Waals surface area contributed by atoms with Gasteiger partial charge in [-0.2, -0.15) is 0 Å². The standard InChI is InChI=1S/C15H21N3O2/c16-13-11(5-7-18-14(13)15(19)20)9-3-4-12-10(8-9)2-1-6-17-12/h3-4,8,11,13-14,17-18H,1-2,5-7,16H2,(H,19,20). The molecule has 5 heteroatoms. The first-order valence-corrected chi connectivity index (χ1v) is 7.25. The van der Waals surface area contributed by atoms with E-state index in [1.165, 1.54) is 16.8 Å². The Hall–Kier alpha value is -1.59. The highest BCUT2D eigenvalue weighted by Gasteiger charge is 2.35. The molecule has 0 spiro atoms. The van der Waals surface area contributed by atoms with Crippen LogP contribution in [-0.2, 0) is 11.2 Å². The molecular weight excluding hydrogens is 254 g/mol. The lowest BCUT2D eigenvalue weighted by Crippen LogP contribution is -2.57. The van der Waals surface area contributed by atoms with Crippen molar-refractivity contribution in [3.8, 4) is 0 Å². The van der Waals surface area contributed by atoms with Gasteiger partial charge in [0, 0.05) is 24.2 Å². The van der Waals surface area contributed by atoms with Crippen molar-refractivity contribution >= 4 is 11.7 Å². The van der Waals surface area contributed by atoms with Crippen molar-refractivity contribution in [3.63, 3.8) is 0 Å². The lowest BCUT2D eigenvalue weighted by molar-refractivity contribution is -0.140. The summed E-state index contributed by atoms with van der Waals surface area (Å²) in [5, 5.41) is 15.6. The van der Waals surface area contributed by atoms with Gasteiger partial charge in [-0.15, -0.1) is 0 Å². The maximum absolute atomic E-state index is 11.2. The second kappa shape index (κ2) is 5.42. The summed E-state index contributed by atoms with van der Waals surface area (Å²) >= 11 is 0. The largest absolute Gasteiger partial charge is 0.480 e. The highest BCUT2D eigenvalue weighted by Crippen LogP contribution is 2.31. The predicted molar refractivity (Wildman–Crippen MR) is 78.0 cm³/mol. The summed E-state index contributed by atoms with van der Waals surface area (Å²) in [6.07, 6.45) is 3.11. The van der Waals surface area contributed by atoms with Crippen molar-refractivity contribution in [2.24, 2.45) is 5.73 Å². The Morgan fingerprint density at radius 1 is 1.35 bits per heavy atom. The molecule has 3 rings (SSSR count). The number of piperidine rings is 1. The van der Waals surface area contributed by atoms with Gasteiger partial charge < -0.3 is 21.5 Å². The summed E-state index contributed by atoms with van der Waals surface area (Å²) in [5.41, 5.74) is 9.88. The van der Waals surface area contributed by atoms with E-state index in [1.54, 1.807) is 0 Å². The van der Waals surface area contributed by atoms with Gasteiger partial charge in [0.15, 0.2) is 0 Å². The van der Waals surface area contributed by atoms with Crippen molar-refractivity contribution in [1.29, 1.82) is 0 Å². The van der Waals surface area contributed by atoms with Crippen molar-refractivity contribution in [2.75, 3.05) is 18.4 Å². The molecule has 2 heterocycles. The van der Waals surface area contributed by atoms with Crippen molar-refractivity contribution in [3.05, 3.63) is 29.3 Å². The average Bonchev–Trinajstić information content (AvgIpc) is 2.46. The first-order valence-electron chi connectivity index (χ1n) is 7.25. The Morgan fingerprint density at radius 3 is 3.00 bits per heavy atom. The van der Waals surface area contributed by atoms with E-state index in [0.717, 1.165) is 25.8 Å². The van der Waals surface area contributed by atoms with Gasteiger partial charge >= 0.3 is 5.97 Å². The molecule has 1 saturated heterocycles. The number of hydrogen-bond acceptors (Lipinski definition) is 4. The molecule has 5 N–H and O–H groups in total. The zero-order valence-electron chi connectivity index (χ0n) is 11.4. The van der Waals surface area contributed by atoms with Crippen LogP contribution in [0.4, 0.5) is 5.69 Å². The Balaban J connectivity index is 1.86. The number of nitrogens with one attached hydrogen (secondary N) is 2. The van der Waals surface area contributed by atoms with E-state index in [4.69, 9.17) is 5.73 Å². The first kappa shape index (κ1) is 13.4. The Kier molecular flexibility index (Phi) is 3.63. The van der Waals surface area contributed by atoms with Crippen LogP contribution in [0.3, 0.4) is 0 Å². The highest BCUT2D eigenvalue weighted by atomic mass is 16.4. The number of benzene rings is 1. The Morgan fingerprint density at radius 2 is 2.20 bits per heavy atom. The average molecular weight is 275 g/mol. The van der Waals surface area contributed by atoms with E-state index in [9.17, 15) is 9.90 Å². The lowest BCUT2D eigenvalue weighted by Gasteiger charge is -2.35. The monoisotopic (exact) mass is 275 g/mol. The summed E-state index contributed by atoms with van der Waals surface area (Å²) in [6.45, 7) is 1.73. The molecule has 0 aromatic heterocycles. The van der Waals surface area contributed by atoms with Gasteiger partial charge in [-0.3, -0.25) is 4.79 Å². The molecule has 5 nitrogen and oxygen atoms in total. The van der Waals surface area contributed by atoms with Gasteiger partial charge in [0.05, 0.1) is 0 Å². The normalized spacial score (nSPS) is 29.4. The molecule has 20 heavy (non-hydrogen) atoms. The molecule has 0 bridgehead atoms. The van der Waals surface area contributed by atoms with Crippen LogP contribution in [0.5, 0.6) is 0 Å². The SMILES string of the molecule is NC1C(C(=O)O)NCCC1c1ccc2c(c1)CCCN2. The minimum atomic E-state index is -0.859. The minimum absolute atomic E-state index is 0.115. The predicted octanol–water partition coefficient (Wildman–Crippen LogP) is 0.902. The number of rotatable bonds is 2. The number of aliphatic carboxylic acids is 1. The van der Waals surface area contributed by atoms with Gasteiger partial charge in [-0.05, 0) is 43.0 Å². The third kappa shape index (κ3) is 2.39. The van der Waals surface area contributed by atoms with E-state index < -0.39 is 12.0 Å². The van der Waals surface area contributed by atoms with Gasteiger partial charge in [-0.1, -0.05) is 12.1 Å². The van der Waals surface area contributed by atoms with Crippen LogP contribution >= 0.6 is 0 Å². The van der Waals surface area contributed by atoms with E-state index in [0.29, 0.717) is 6.54 Å². The number of fused-ring (bicyclic) bond motifs is 1. The summed E-state index contributed by atoms with van der Waals surface area (Å²) in [6, 6.07) is 5.37. The molecule has 1 fully saturated rings. The van der Waals surface area contributed by atoms with E-state index >= 15 is 0 Å². The second-order valence-corrected chi connectivity index (χ2v) is 5.69. The molecule has 0 aliphatic carbocycles. The van der Waals surface area contributed by atoms with Crippen LogP contribution in [0.25, 0.3) is 0 Å². The molecule has 0 saturated carbocycles. The quantitative estimate of drug-likeness (QED) is 0.644. The number of anilines is 1. The molecule has 1 aromatic rings. The third-order valence-electron chi connectivity index (χ3n) is 4.43. The molecule has 3 unspecified atom stereocenters. The molecule has 0 amide bonds. The van der Waals surface area contributed by atoms with Crippen molar-refractivity contribution in [1.82, 2.24) is 5.32 Å².